The number of amides is 1. The highest BCUT2D eigenvalue weighted by atomic mass is 16.5. The molecule has 1 heterocycles. The van der Waals surface area contributed by atoms with Crippen LogP contribution in [0.25, 0.3) is 5.69 Å². The molecule has 0 saturated heterocycles. The van der Waals surface area contributed by atoms with Crippen molar-refractivity contribution in [3.63, 3.8) is 0 Å². The van der Waals surface area contributed by atoms with E-state index in [9.17, 15) is 9.59 Å². The number of ether oxygens (including phenoxy) is 1. The number of benzene rings is 1. The van der Waals surface area contributed by atoms with Gasteiger partial charge in [0.1, 0.15) is 0 Å². The summed E-state index contributed by atoms with van der Waals surface area (Å²) in [7, 11) is 1.80. The van der Waals surface area contributed by atoms with Gasteiger partial charge < -0.3 is 9.64 Å². The number of rotatable bonds is 5. The molecule has 1 aromatic carbocycles. The minimum Gasteiger partial charge on any atom is -0.452 e. The topological polar surface area (TPSA) is 64.4 Å². The van der Waals surface area contributed by atoms with E-state index >= 15 is 0 Å². The molecule has 6 nitrogen and oxygen atoms in total. The van der Waals surface area contributed by atoms with Crippen LogP contribution in [-0.4, -0.2) is 46.3 Å². The minimum absolute atomic E-state index is 0.147. The first kappa shape index (κ1) is 18.2. The average Bonchev–Trinajstić information content (AvgIpc) is 3.21. The van der Waals surface area contributed by atoms with Crippen LogP contribution in [0.4, 0.5) is 0 Å². The molecule has 0 spiro atoms. The van der Waals surface area contributed by atoms with E-state index in [1.54, 1.807) is 47.1 Å². The summed E-state index contributed by atoms with van der Waals surface area (Å²) < 4.78 is 6.91. The number of carbonyl (C=O) groups excluding carboxylic acids is 2. The van der Waals surface area contributed by atoms with Crippen LogP contribution < -0.4 is 0 Å². The fraction of sp³-hybridized carbons (Fsp3) is 0.450. The maximum atomic E-state index is 12.3. The summed E-state index contributed by atoms with van der Waals surface area (Å²) in [5.74, 6) is 0.0967. The lowest BCUT2D eigenvalue weighted by Crippen LogP contribution is -2.41. The number of likely N-dealkylation sites (N-methyl/N-ethyl adjacent to an activating group) is 1. The quantitative estimate of drug-likeness (QED) is 0.773. The lowest BCUT2D eigenvalue weighted by molar-refractivity contribution is -0.136. The Balaban J connectivity index is 1.51. The van der Waals surface area contributed by atoms with E-state index in [0.29, 0.717) is 5.56 Å². The minimum atomic E-state index is -0.490. The van der Waals surface area contributed by atoms with Gasteiger partial charge in [-0.1, -0.05) is 6.92 Å². The van der Waals surface area contributed by atoms with Crippen molar-refractivity contribution in [1.29, 1.82) is 0 Å². The Hall–Kier alpha value is -2.63. The Morgan fingerprint density at radius 3 is 2.50 bits per heavy atom. The SMILES string of the molecule is CC1CCC(N(C)C(=O)COC(=O)c2ccc(-n3cccn3)cc2)CC1. The molecule has 1 aliphatic rings. The van der Waals surface area contributed by atoms with Gasteiger partial charge in [-0.3, -0.25) is 4.79 Å². The first-order valence-electron chi connectivity index (χ1n) is 9.07. The Labute approximate surface area is 153 Å². The van der Waals surface area contributed by atoms with E-state index in [1.807, 2.05) is 12.3 Å². The second-order valence-corrected chi connectivity index (χ2v) is 6.99. The molecular weight excluding hydrogens is 330 g/mol. The monoisotopic (exact) mass is 355 g/mol. The average molecular weight is 355 g/mol. The molecule has 138 valence electrons. The van der Waals surface area contributed by atoms with Gasteiger partial charge in [-0.25, -0.2) is 9.48 Å². The molecule has 1 aliphatic carbocycles. The molecule has 26 heavy (non-hydrogen) atoms. The molecule has 0 unspecified atom stereocenters. The fourth-order valence-electron chi connectivity index (χ4n) is 3.32. The molecule has 1 amide bonds. The zero-order valence-electron chi connectivity index (χ0n) is 15.3. The van der Waals surface area contributed by atoms with Gasteiger partial charge in [0.05, 0.1) is 11.3 Å². The smallest absolute Gasteiger partial charge is 0.338 e. The third-order valence-corrected chi connectivity index (χ3v) is 5.13. The summed E-state index contributed by atoms with van der Waals surface area (Å²) in [6.45, 7) is 2.03. The van der Waals surface area contributed by atoms with Crippen molar-refractivity contribution in [2.75, 3.05) is 13.7 Å². The number of esters is 1. The van der Waals surface area contributed by atoms with E-state index in [0.717, 1.165) is 37.3 Å². The van der Waals surface area contributed by atoms with E-state index in [1.165, 1.54) is 0 Å². The highest BCUT2D eigenvalue weighted by Gasteiger charge is 2.25. The predicted molar refractivity (Wildman–Crippen MR) is 98.0 cm³/mol. The zero-order valence-corrected chi connectivity index (χ0v) is 15.3. The Morgan fingerprint density at radius 2 is 1.88 bits per heavy atom. The van der Waals surface area contributed by atoms with Gasteiger partial charge in [0, 0.05) is 25.5 Å². The molecule has 0 aliphatic heterocycles. The Bertz CT molecular complexity index is 732. The van der Waals surface area contributed by atoms with Gasteiger partial charge >= 0.3 is 5.97 Å². The van der Waals surface area contributed by atoms with Crippen molar-refractivity contribution < 1.29 is 14.3 Å². The van der Waals surface area contributed by atoms with Crippen LogP contribution >= 0.6 is 0 Å². The van der Waals surface area contributed by atoms with E-state index in [2.05, 4.69) is 12.0 Å². The highest BCUT2D eigenvalue weighted by molar-refractivity contribution is 5.91. The summed E-state index contributed by atoms with van der Waals surface area (Å²) in [5.41, 5.74) is 1.27. The molecule has 0 bridgehead atoms. The van der Waals surface area contributed by atoms with Crippen molar-refractivity contribution in [2.45, 2.75) is 38.6 Å². The molecule has 1 aromatic heterocycles. The molecule has 0 atom stereocenters. The first-order valence-corrected chi connectivity index (χ1v) is 9.07. The normalized spacial score (nSPS) is 19.8. The van der Waals surface area contributed by atoms with Crippen LogP contribution in [0.1, 0.15) is 43.0 Å². The largest absolute Gasteiger partial charge is 0.452 e. The molecule has 0 N–H and O–H groups in total. The Kier molecular flexibility index (Phi) is 5.71. The summed E-state index contributed by atoms with van der Waals surface area (Å²) >= 11 is 0. The maximum Gasteiger partial charge on any atom is 0.338 e. The summed E-state index contributed by atoms with van der Waals surface area (Å²) in [5, 5.41) is 4.14. The van der Waals surface area contributed by atoms with Crippen LogP contribution in [0, 0.1) is 5.92 Å². The van der Waals surface area contributed by atoms with Crippen LogP contribution in [0.3, 0.4) is 0 Å². The third-order valence-electron chi connectivity index (χ3n) is 5.13. The van der Waals surface area contributed by atoms with Crippen molar-refractivity contribution in [3.05, 3.63) is 48.3 Å². The van der Waals surface area contributed by atoms with E-state index < -0.39 is 5.97 Å². The van der Waals surface area contributed by atoms with Gasteiger partial charge in [0.2, 0.25) is 0 Å². The molecule has 2 aromatic rings. The number of carbonyl (C=O) groups is 2. The fourth-order valence-corrected chi connectivity index (χ4v) is 3.32. The molecule has 3 rings (SSSR count). The maximum absolute atomic E-state index is 12.3. The van der Waals surface area contributed by atoms with E-state index in [4.69, 9.17) is 4.74 Å². The molecule has 1 fully saturated rings. The summed E-state index contributed by atoms with van der Waals surface area (Å²) in [4.78, 5) is 26.2. The van der Waals surface area contributed by atoms with Crippen molar-refractivity contribution >= 4 is 11.9 Å². The van der Waals surface area contributed by atoms with Gasteiger partial charge in [0.15, 0.2) is 6.61 Å². The number of nitrogens with zero attached hydrogens (tertiary/aromatic N) is 3. The number of aromatic nitrogens is 2. The van der Waals surface area contributed by atoms with Gasteiger partial charge in [-0.2, -0.15) is 5.10 Å². The molecule has 0 radical (unpaired) electrons. The van der Waals surface area contributed by atoms with Crippen molar-refractivity contribution in [1.82, 2.24) is 14.7 Å². The third kappa shape index (κ3) is 4.31. The van der Waals surface area contributed by atoms with E-state index in [-0.39, 0.29) is 18.6 Å². The lowest BCUT2D eigenvalue weighted by atomic mass is 9.87. The lowest BCUT2D eigenvalue weighted by Gasteiger charge is -2.33. The highest BCUT2D eigenvalue weighted by Crippen LogP contribution is 2.26. The van der Waals surface area contributed by atoms with Crippen LogP contribution in [0.5, 0.6) is 0 Å². The second kappa shape index (κ2) is 8.17. The molecular formula is C20H25N3O3. The summed E-state index contributed by atoms with van der Waals surface area (Å²) in [6.07, 6.45) is 7.85. The molecule has 6 heteroatoms. The Morgan fingerprint density at radius 1 is 1.19 bits per heavy atom. The van der Waals surface area contributed by atoms with Crippen molar-refractivity contribution in [2.24, 2.45) is 5.92 Å². The van der Waals surface area contributed by atoms with Crippen molar-refractivity contribution in [3.8, 4) is 5.69 Å². The van der Waals surface area contributed by atoms with Crippen LogP contribution in [0.2, 0.25) is 0 Å². The van der Waals surface area contributed by atoms with Crippen LogP contribution in [0.15, 0.2) is 42.7 Å². The standard InChI is InChI=1S/C20H25N3O3/c1-15-4-8-17(9-5-15)22(2)19(24)14-26-20(25)16-6-10-18(11-7-16)23-13-3-12-21-23/h3,6-7,10-13,15,17H,4-5,8-9,14H2,1-2H3. The number of hydrogen-bond donors (Lipinski definition) is 0. The number of hydrogen-bond acceptors (Lipinski definition) is 4. The predicted octanol–water partition coefficient (Wildman–Crippen LogP) is 3.07. The van der Waals surface area contributed by atoms with Gasteiger partial charge in [-0.05, 0) is 61.9 Å². The second-order valence-electron chi connectivity index (χ2n) is 6.99. The van der Waals surface area contributed by atoms with Gasteiger partial charge in [0.25, 0.3) is 5.91 Å². The first-order chi connectivity index (χ1) is 12.5. The molecule has 1 saturated carbocycles. The zero-order chi connectivity index (χ0) is 18.5. The summed E-state index contributed by atoms with van der Waals surface area (Å²) in [6, 6.07) is 9.02. The van der Waals surface area contributed by atoms with Gasteiger partial charge in [-0.15, -0.1) is 0 Å². The van der Waals surface area contributed by atoms with Crippen LogP contribution in [-0.2, 0) is 9.53 Å².